The van der Waals surface area contributed by atoms with Crippen molar-refractivity contribution in [2.45, 2.75) is 58.3 Å². The van der Waals surface area contributed by atoms with Gasteiger partial charge in [0.1, 0.15) is 0 Å². The lowest BCUT2D eigenvalue weighted by Crippen LogP contribution is -2.62. The van der Waals surface area contributed by atoms with Gasteiger partial charge in [0.2, 0.25) is 0 Å². The standard InChI is InChI=1S/C19H31NO3S/c1-14(2)11-15-3-4-16(24-15)13-20-7-5-19(6-8-20)17(22)12-18(19)23-10-9-21/h3-4,14,17-18,21-22H,5-13H2,1-2H3/t17-,18+/m1/s1. The van der Waals surface area contributed by atoms with Gasteiger partial charge in [0.15, 0.2) is 0 Å². The van der Waals surface area contributed by atoms with Crippen LogP contribution in [-0.2, 0) is 17.7 Å². The zero-order valence-electron chi connectivity index (χ0n) is 14.9. The van der Waals surface area contributed by atoms with Gasteiger partial charge in [-0.3, -0.25) is 4.90 Å². The van der Waals surface area contributed by atoms with Crippen LogP contribution >= 0.6 is 11.3 Å². The van der Waals surface area contributed by atoms with Gasteiger partial charge in [0.25, 0.3) is 0 Å². The summed E-state index contributed by atoms with van der Waals surface area (Å²) in [7, 11) is 0. The van der Waals surface area contributed by atoms with Crippen molar-refractivity contribution in [2.24, 2.45) is 11.3 Å². The minimum absolute atomic E-state index is 0.0614. The number of nitrogens with zero attached hydrogens (tertiary/aromatic N) is 1. The lowest BCUT2D eigenvalue weighted by Gasteiger charge is -2.56. The molecule has 1 saturated carbocycles. The molecule has 2 atom stereocenters. The molecule has 3 rings (SSSR count). The first-order valence-corrected chi connectivity index (χ1v) is 10.1. The predicted molar refractivity (Wildman–Crippen MR) is 97.3 cm³/mol. The van der Waals surface area contributed by atoms with E-state index in [2.05, 4.69) is 30.9 Å². The van der Waals surface area contributed by atoms with Crippen molar-refractivity contribution < 1.29 is 14.9 Å². The molecule has 2 aliphatic rings. The molecule has 1 aromatic rings. The van der Waals surface area contributed by atoms with Gasteiger partial charge in [-0.1, -0.05) is 13.8 Å². The van der Waals surface area contributed by atoms with E-state index in [0.29, 0.717) is 12.5 Å². The SMILES string of the molecule is CC(C)Cc1ccc(CN2CCC3(CC2)[C@H](O)C[C@@H]3OCCO)s1. The third kappa shape index (κ3) is 3.86. The number of rotatable bonds is 7. The molecule has 0 radical (unpaired) electrons. The van der Waals surface area contributed by atoms with Crippen LogP contribution in [0.4, 0.5) is 0 Å². The van der Waals surface area contributed by atoms with Gasteiger partial charge in [-0.2, -0.15) is 0 Å². The molecular weight excluding hydrogens is 322 g/mol. The third-order valence-electron chi connectivity index (χ3n) is 5.65. The number of hydrogen-bond acceptors (Lipinski definition) is 5. The van der Waals surface area contributed by atoms with Crippen molar-refractivity contribution in [3.8, 4) is 0 Å². The summed E-state index contributed by atoms with van der Waals surface area (Å²) in [5, 5.41) is 19.3. The fourth-order valence-corrected chi connectivity index (χ4v) is 5.45. The smallest absolute Gasteiger partial charge is 0.0701 e. The van der Waals surface area contributed by atoms with Crippen LogP contribution < -0.4 is 0 Å². The molecule has 1 saturated heterocycles. The first-order chi connectivity index (χ1) is 11.5. The van der Waals surface area contributed by atoms with Crippen LogP contribution in [0.25, 0.3) is 0 Å². The molecule has 1 spiro atoms. The van der Waals surface area contributed by atoms with Crippen LogP contribution in [0.3, 0.4) is 0 Å². The molecule has 0 unspecified atom stereocenters. The van der Waals surface area contributed by atoms with Crippen molar-refractivity contribution in [1.29, 1.82) is 0 Å². The molecule has 1 aliphatic heterocycles. The molecule has 2 fully saturated rings. The van der Waals surface area contributed by atoms with Crippen molar-refractivity contribution in [2.75, 3.05) is 26.3 Å². The predicted octanol–water partition coefficient (Wildman–Crippen LogP) is 2.67. The minimum atomic E-state index is -0.234. The number of ether oxygens (including phenoxy) is 1. The first kappa shape index (κ1) is 18.3. The van der Waals surface area contributed by atoms with E-state index >= 15 is 0 Å². The second kappa shape index (κ2) is 7.83. The Morgan fingerprint density at radius 2 is 2.00 bits per heavy atom. The fourth-order valence-electron chi connectivity index (χ4n) is 4.18. The van der Waals surface area contributed by atoms with Crippen molar-refractivity contribution in [3.05, 3.63) is 21.9 Å². The Balaban J connectivity index is 1.50. The highest BCUT2D eigenvalue weighted by Gasteiger charge is 2.55. The maximum Gasteiger partial charge on any atom is 0.0701 e. The van der Waals surface area contributed by atoms with E-state index in [9.17, 15) is 5.11 Å². The Bertz CT molecular complexity index is 522. The van der Waals surface area contributed by atoms with E-state index in [0.717, 1.165) is 38.9 Å². The number of piperidine rings is 1. The molecule has 136 valence electrons. The number of likely N-dealkylation sites (tertiary alicyclic amines) is 1. The van der Waals surface area contributed by atoms with Crippen molar-refractivity contribution in [1.82, 2.24) is 4.90 Å². The average Bonchev–Trinajstić information content (AvgIpc) is 2.98. The van der Waals surface area contributed by atoms with Gasteiger partial charge in [0.05, 0.1) is 25.4 Å². The Morgan fingerprint density at radius 1 is 1.29 bits per heavy atom. The van der Waals surface area contributed by atoms with Gasteiger partial charge in [-0.15, -0.1) is 11.3 Å². The Hall–Kier alpha value is -0.460. The molecular formula is C19H31NO3S. The molecule has 5 heteroatoms. The molecule has 2 N–H and O–H groups in total. The summed E-state index contributed by atoms with van der Waals surface area (Å²) in [6.07, 6.45) is 3.78. The van der Waals surface area contributed by atoms with Crippen LogP contribution in [-0.4, -0.2) is 53.6 Å². The van der Waals surface area contributed by atoms with E-state index in [-0.39, 0.29) is 24.2 Å². The number of aliphatic hydroxyl groups excluding tert-OH is 2. The topological polar surface area (TPSA) is 52.9 Å². The quantitative estimate of drug-likeness (QED) is 0.791. The van der Waals surface area contributed by atoms with Crippen molar-refractivity contribution in [3.63, 3.8) is 0 Å². The summed E-state index contributed by atoms with van der Waals surface area (Å²) in [6.45, 7) is 8.05. The second-order valence-electron chi connectivity index (χ2n) is 7.81. The first-order valence-electron chi connectivity index (χ1n) is 9.24. The third-order valence-corrected chi connectivity index (χ3v) is 6.74. The molecule has 1 aromatic heterocycles. The van der Waals surface area contributed by atoms with Gasteiger partial charge in [0, 0.05) is 28.1 Å². The highest BCUT2D eigenvalue weighted by molar-refractivity contribution is 7.11. The van der Waals surface area contributed by atoms with Gasteiger partial charge in [-0.05, 0) is 50.4 Å². The highest BCUT2D eigenvalue weighted by atomic mass is 32.1. The number of aliphatic hydroxyl groups is 2. The summed E-state index contributed by atoms with van der Waals surface area (Å²) in [5.74, 6) is 0.710. The largest absolute Gasteiger partial charge is 0.394 e. The zero-order valence-corrected chi connectivity index (χ0v) is 15.7. The van der Waals surface area contributed by atoms with E-state index in [1.54, 1.807) is 0 Å². The van der Waals surface area contributed by atoms with E-state index in [1.807, 2.05) is 11.3 Å². The van der Waals surface area contributed by atoms with Crippen molar-refractivity contribution >= 4 is 11.3 Å². The lowest BCUT2D eigenvalue weighted by atomic mass is 9.58. The maximum absolute atomic E-state index is 10.3. The highest BCUT2D eigenvalue weighted by Crippen LogP contribution is 2.51. The zero-order chi connectivity index (χ0) is 17.2. The number of hydrogen-bond donors (Lipinski definition) is 2. The van der Waals surface area contributed by atoms with Gasteiger partial charge in [-0.25, -0.2) is 0 Å². The minimum Gasteiger partial charge on any atom is -0.394 e. The maximum atomic E-state index is 10.3. The molecule has 24 heavy (non-hydrogen) atoms. The Labute approximate surface area is 149 Å². The molecule has 0 bridgehead atoms. The average molecular weight is 354 g/mol. The summed E-state index contributed by atoms with van der Waals surface area (Å²) < 4.78 is 5.76. The lowest BCUT2D eigenvalue weighted by molar-refractivity contribution is -0.213. The van der Waals surface area contributed by atoms with Crippen LogP contribution in [0.5, 0.6) is 0 Å². The molecule has 2 heterocycles. The summed E-state index contributed by atoms with van der Waals surface area (Å²) in [4.78, 5) is 5.44. The summed E-state index contributed by atoms with van der Waals surface area (Å²) in [6, 6.07) is 4.55. The van der Waals surface area contributed by atoms with Crippen LogP contribution in [0, 0.1) is 11.3 Å². The van der Waals surface area contributed by atoms with Crippen LogP contribution in [0.1, 0.15) is 42.9 Å². The molecule has 1 aliphatic carbocycles. The van der Waals surface area contributed by atoms with Crippen LogP contribution in [0.15, 0.2) is 12.1 Å². The second-order valence-corrected chi connectivity index (χ2v) is 9.06. The van der Waals surface area contributed by atoms with E-state index in [4.69, 9.17) is 9.84 Å². The molecule has 4 nitrogen and oxygen atoms in total. The molecule has 0 amide bonds. The normalized spacial score (nSPS) is 26.9. The Kier molecular flexibility index (Phi) is 5.98. The van der Waals surface area contributed by atoms with E-state index in [1.165, 1.54) is 16.2 Å². The monoisotopic (exact) mass is 353 g/mol. The van der Waals surface area contributed by atoms with Gasteiger partial charge < -0.3 is 14.9 Å². The Morgan fingerprint density at radius 3 is 2.62 bits per heavy atom. The molecule has 0 aromatic carbocycles. The fraction of sp³-hybridized carbons (Fsp3) is 0.789. The van der Waals surface area contributed by atoms with Gasteiger partial charge >= 0.3 is 0 Å². The van der Waals surface area contributed by atoms with Crippen LogP contribution in [0.2, 0.25) is 0 Å². The number of thiophene rings is 1. The van der Waals surface area contributed by atoms with E-state index < -0.39 is 0 Å². The summed E-state index contributed by atoms with van der Waals surface area (Å²) in [5.41, 5.74) is -0.0656. The summed E-state index contributed by atoms with van der Waals surface area (Å²) >= 11 is 1.94.